The summed E-state index contributed by atoms with van der Waals surface area (Å²) in [6, 6.07) is 4.43. The predicted molar refractivity (Wildman–Crippen MR) is 69.2 cm³/mol. The Labute approximate surface area is 116 Å². The molecule has 3 nitrogen and oxygen atoms in total. The molecule has 1 rings (SSSR count). The molecule has 0 saturated heterocycles. The molecular weight excluding hydrogens is 281 g/mol. The third-order valence-corrected chi connectivity index (χ3v) is 2.45. The minimum atomic E-state index is -4.34. The number of benzene rings is 1. The van der Waals surface area contributed by atoms with Gasteiger partial charge in [-0.2, -0.15) is 13.2 Å². The van der Waals surface area contributed by atoms with Gasteiger partial charge in [-0.1, -0.05) is 12.1 Å². The number of amides is 1. The molecular formula is C12H16ClF3N2O. The van der Waals surface area contributed by atoms with Crippen molar-refractivity contribution >= 4 is 18.3 Å². The number of hydrogen-bond acceptors (Lipinski definition) is 2. The van der Waals surface area contributed by atoms with E-state index in [-0.39, 0.29) is 30.9 Å². The van der Waals surface area contributed by atoms with Crippen molar-refractivity contribution in [1.82, 2.24) is 10.6 Å². The Morgan fingerprint density at radius 2 is 1.79 bits per heavy atom. The van der Waals surface area contributed by atoms with Crippen LogP contribution >= 0.6 is 12.4 Å². The molecule has 0 heterocycles. The fourth-order valence-corrected chi connectivity index (χ4v) is 1.50. The first-order valence-electron chi connectivity index (χ1n) is 5.45. The van der Waals surface area contributed by atoms with Crippen LogP contribution in [0.15, 0.2) is 24.3 Å². The highest BCUT2D eigenvalue weighted by Gasteiger charge is 2.30. The standard InChI is InChI=1S/C12H15F3N2O.ClH/c1-8(17-11(18)7-16-2)9-3-5-10(6-4-9)12(13,14)15;/h3-6,8,16H,7H2,1-2H3,(H,17,18);1H. The maximum Gasteiger partial charge on any atom is 0.416 e. The molecule has 1 atom stereocenters. The van der Waals surface area contributed by atoms with E-state index in [1.165, 1.54) is 12.1 Å². The SMILES string of the molecule is CNCC(=O)NC(C)c1ccc(C(F)(F)F)cc1.Cl. The Balaban J connectivity index is 0.00000324. The van der Waals surface area contributed by atoms with Gasteiger partial charge in [0, 0.05) is 0 Å². The second-order valence-corrected chi connectivity index (χ2v) is 3.94. The summed E-state index contributed by atoms with van der Waals surface area (Å²) in [6.07, 6.45) is -4.34. The van der Waals surface area contributed by atoms with Gasteiger partial charge in [0.05, 0.1) is 18.2 Å². The topological polar surface area (TPSA) is 41.1 Å². The molecule has 1 aromatic carbocycles. The van der Waals surface area contributed by atoms with Gasteiger partial charge in [0.15, 0.2) is 0 Å². The molecule has 0 bridgehead atoms. The largest absolute Gasteiger partial charge is 0.416 e. The summed E-state index contributed by atoms with van der Waals surface area (Å²) in [7, 11) is 1.64. The van der Waals surface area contributed by atoms with E-state index >= 15 is 0 Å². The molecule has 0 aliphatic rings. The number of hydrogen-bond donors (Lipinski definition) is 2. The molecule has 0 aliphatic carbocycles. The van der Waals surface area contributed by atoms with Crippen LogP contribution in [0, 0.1) is 0 Å². The van der Waals surface area contributed by atoms with Crippen molar-refractivity contribution in [2.45, 2.75) is 19.1 Å². The predicted octanol–water partition coefficient (Wildman–Crippen LogP) is 2.52. The maximum atomic E-state index is 12.4. The highest BCUT2D eigenvalue weighted by Crippen LogP contribution is 2.29. The smallest absolute Gasteiger partial charge is 0.348 e. The van der Waals surface area contributed by atoms with Gasteiger partial charge in [-0.25, -0.2) is 0 Å². The number of rotatable bonds is 4. The minimum Gasteiger partial charge on any atom is -0.348 e. The van der Waals surface area contributed by atoms with Crippen molar-refractivity contribution in [1.29, 1.82) is 0 Å². The third-order valence-electron chi connectivity index (χ3n) is 2.45. The monoisotopic (exact) mass is 296 g/mol. The Hall–Kier alpha value is -1.27. The summed E-state index contributed by atoms with van der Waals surface area (Å²) in [5.41, 5.74) is -0.0625. The van der Waals surface area contributed by atoms with Gasteiger partial charge in [0.2, 0.25) is 5.91 Å². The molecule has 0 spiro atoms. The lowest BCUT2D eigenvalue weighted by Gasteiger charge is -2.15. The van der Waals surface area contributed by atoms with Crippen LogP contribution in [0.4, 0.5) is 13.2 Å². The van der Waals surface area contributed by atoms with E-state index in [0.29, 0.717) is 5.56 Å². The summed E-state index contributed by atoms with van der Waals surface area (Å²) in [5.74, 6) is -0.204. The lowest BCUT2D eigenvalue weighted by atomic mass is 10.1. The van der Waals surface area contributed by atoms with Gasteiger partial charge in [0.25, 0.3) is 0 Å². The maximum absolute atomic E-state index is 12.4. The molecule has 19 heavy (non-hydrogen) atoms. The number of likely N-dealkylation sites (N-methyl/N-ethyl adjacent to an activating group) is 1. The van der Waals surface area contributed by atoms with Crippen molar-refractivity contribution in [2.24, 2.45) is 0 Å². The number of halogens is 4. The molecule has 0 aromatic heterocycles. The second kappa shape index (κ2) is 7.35. The van der Waals surface area contributed by atoms with Crippen LogP contribution in [0.1, 0.15) is 24.1 Å². The zero-order valence-corrected chi connectivity index (χ0v) is 11.4. The van der Waals surface area contributed by atoms with Crippen molar-refractivity contribution in [3.63, 3.8) is 0 Å². The number of carbonyl (C=O) groups excluding carboxylic acids is 1. The average Bonchev–Trinajstić information content (AvgIpc) is 2.28. The van der Waals surface area contributed by atoms with Crippen LogP contribution in [-0.4, -0.2) is 19.5 Å². The van der Waals surface area contributed by atoms with Crippen molar-refractivity contribution in [2.75, 3.05) is 13.6 Å². The number of alkyl halides is 3. The number of nitrogens with one attached hydrogen (secondary N) is 2. The lowest BCUT2D eigenvalue weighted by molar-refractivity contribution is -0.137. The highest BCUT2D eigenvalue weighted by molar-refractivity contribution is 5.85. The first-order chi connectivity index (χ1) is 8.34. The molecule has 1 unspecified atom stereocenters. The Morgan fingerprint density at radius 1 is 1.26 bits per heavy atom. The molecule has 0 aliphatic heterocycles. The van der Waals surface area contributed by atoms with E-state index in [2.05, 4.69) is 10.6 Å². The van der Waals surface area contributed by atoms with Crippen molar-refractivity contribution in [3.05, 3.63) is 35.4 Å². The van der Waals surface area contributed by atoms with Gasteiger partial charge in [-0.05, 0) is 31.7 Å². The Bertz CT molecular complexity index is 406. The molecule has 0 saturated carbocycles. The van der Waals surface area contributed by atoms with E-state index < -0.39 is 11.7 Å². The quantitative estimate of drug-likeness (QED) is 0.896. The molecule has 0 radical (unpaired) electrons. The van der Waals surface area contributed by atoms with E-state index in [9.17, 15) is 18.0 Å². The zero-order valence-electron chi connectivity index (χ0n) is 10.5. The van der Waals surface area contributed by atoms with Gasteiger partial charge in [-0.3, -0.25) is 4.79 Å². The summed E-state index contributed by atoms with van der Waals surface area (Å²) in [4.78, 5) is 11.3. The van der Waals surface area contributed by atoms with E-state index in [0.717, 1.165) is 12.1 Å². The van der Waals surface area contributed by atoms with Crippen LogP contribution < -0.4 is 10.6 Å². The van der Waals surface area contributed by atoms with Gasteiger partial charge in [0.1, 0.15) is 0 Å². The zero-order chi connectivity index (χ0) is 13.8. The van der Waals surface area contributed by atoms with Crippen molar-refractivity contribution < 1.29 is 18.0 Å². The van der Waals surface area contributed by atoms with Gasteiger partial charge in [-0.15, -0.1) is 12.4 Å². The van der Waals surface area contributed by atoms with Crippen LogP contribution in [-0.2, 0) is 11.0 Å². The molecule has 0 fully saturated rings. The summed E-state index contributed by atoms with van der Waals surface area (Å²) < 4.78 is 37.1. The normalized spacial score (nSPS) is 12.5. The third kappa shape index (κ3) is 5.48. The van der Waals surface area contributed by atoms with Crippen LogP contribution in [0.3, 0.4) is 0 Å². The summed E-state index contributed by atoms with van der Waals surface area (Å²) in [6.45, 7) is 1.89. The molecule has 1 aromatic rings. The summed E-state index contributed by atoms with van der Waals surface area (Å²) >= 11 is 0. The molecule has 108 valence electrons. The summed E-state index contributed by atoms with van der Waals surface area (Å²) in [5, 5.41) is 5.37. The lowest BCUT2D eigenvalue weighted by Crippen LogP contribution is -2.33. The number of carbonyl (C=O) groups is 1. The van der Waals surface area contributed by atoms with Gasteiger partial charge < -0.3 is 10.6 Å². The average molecular weight is 297 g/mol. The van der Waals surface area contributed by atoms with E-state index in [4.69, 9.17) is 0 Å². The van der Waals surface area contributed by atoms with E-state index in [1.54, 1.807) is 14.0 Å². The first kappa shape index (κ1) is 17.7. The Morgan fingerprint density at radius 3 is 2.21 bits per heavy atom. The molecule has 7 heteroatoms. The highest BCUT2D eigenvalue weighted by atomic mass is 35.5. The second-order valence-electron chi connectivity index (χ2n) is 3.94. The van der Waals surface area contributed by atoms with Crippen LogP contribution in [0.2, 0.25) is 0 Å². The molecule has 2 N–H and O–H groups in total. The minimum absolute atomic E-state index is 0. The fourth-order valence-electron chi connectivity index (χ4n) is 1.50. The molecule has 1 amide bonds. The van der Waals surface area contributed by atoms with Crippen molar-refractivity contribution in [3.8, 4) is 0 Å². The van der Waals surface area contributed by atoms with E-state index in [1.807, 2.05) is 0 Å². The van der Waals surface area contributed by atoms with Gasteiger partial charge >= 0.3 is 6.18 Å². The fraction of sp³-hybridized carbons (Fsp3) is 0.417. The van der Waals surface area contributed by atoms with Crippen LogP contribution in [0.25, 0.3) is 0 Å². The first-order valence-corrected chi connectivity index (χ1v) is 5.45. The van der Waals surface area contributed by atoms with Crippen LogP contribution in [0.5, 0.6) is 0 Å². The Kier molecular flexibility index (Phi) is 6.86.